The Morgan fingerprint density at radius 2 is 1.37 bits per heavy atom. The van der Waals surface area contributed by atoms with Gasteiger partial charge in [0.05, 0.1) is 22.1 Å². The maximum atomic E-state index is 9.24. The Morgan fingerprint density at radius 1 is 0.714 bits per heavy atom. The van der Waals surface area contributed by atoms with E-state index in [9.17, 15) is 5.02 Å². The predicted octanol–water partition coefficient (Wildman–Crippen LogP) is 6.05. The number of furan rings is 1. The first kappa shape index (κ1) is 19.8. The second kappa shape index (κ2) is 7.72. The Kier molecular flexibility index (Phi) is 4.37. The van der Waals surface area contributed by atoms with Crippen LogP contribution in [-0.4, -0.2) is 27.2 Å². The molecule has 1 N–H and O–H groups in total. The molecule has 1 radical (unpaired) electrons. The maximum Gasteiger partial charge on any atom is 0.569 e. The molecule has 7 heteroatoms. The largest absolute Gasteiger partial charge is 0.569 e. The highest BCUT2D eigenvalue weighted by molar-refractivity contribution is 6.19. The zero-order valence-corrected chi connectivity index (χ0v) is 18.4. The van der Waals surface area contributed by atoms with Gasteiger partial charge in [-0.15, -0.1) is 0 Å². The van der Waals surface area contributed by atoms with E-state index in [1.165, 1.54) is 0 Å². The molecule has 3 aromatic heterocycles. The summed E-state index contributed by atoms with van der Waals surface area (Å²) in [6, 6.07) is 32.0. The molecule has 0 amide bonds. The summed E-state index contributed by atoms with van der Waals surface area (Å²) in [5, 5.41) is 13.1. The fourth-order valence-corrected chi connectivity index (χ4v) is 4.85. The molecule has 4 aromatic carbocycles. The number of rotatable bonds is 4. The molecule has 35 heavy (non-hydrogen) atoms. The molecule has 0 unspecified atom stereocenters. The van der Waals surface area contributed by atoms with Gasteiger partial charge in [-0.05, 0) is 18.2 Å². The van der Waals surface area contributed by atoms with Crippen LogP contribution < -0.4 is 4.65 Å². The van der Waals surface area contributed by atoms with Gasteiger partial charge in [-0.3, -0.25) is 4.57 Å². The van der Waals surface area contributed by atoms with Crippen LogP contribution in [0.1, 0.15) is 0 Å². The van der Waals surface area contributed by atoms with E-state index in [0.29, 0.717) is 30.7 Å². The summed E-state index contributed by atoms with van der Waals surface area (Å²) in [7, 11) is 0.648. The lowest BCUT2D eigenvalue weighted by Gasteiger charge is -2.09. The molecule has 0 aliphatic carbocycles. The molecular weight excluding hydrogens is 437 g/mol. The summed E-state index contributed by atoms with van der Waals surface area (Å²) in [4.78, 5) is 10.0. The number of fused-ring (bicyclic) bond motifs is 6. The van der Waals surface area contributed by atoms with Gasteiger partial charge in [0.2, 0.25) is 11.7 Å². The molecule has 0 fully saturated rings. The highest BCUT2D eigenvalue weighted by Crippen LogP contribution is 2.39. The average Bonchev–Trinajstić information content (AvgIpc) is 3.45. The van der Waals surface area contributed by atoms with Gasteiger partial charge in [0, 0.05) is 21.7 Å². The summed E-state index contributed by atoms with van der Waals surface area (Å²) in [6.45, 7) is 0. The summed E-state index contributed by atoms with van der Waals surface area (Å²) < 4.78 is 13.6. The fraction of sp³-hybridized carbons (Fsp3) is 0. The van der Waals surface area contributed by atoms with Crippen LogP contribution in [0.2, 0.25) is 0 Å². The van der Waals surface area contributed by atoms with Crippen LogP contribution in [0.25, 0.3) is 61.1 Å². The minimum atomic E-state index is 0.403. The third-order valence-electron chi connectivity index (χ3n) is 6.32. The van der Waals surface area contributed by atoms with E-state index in [4.69, 9.17) is 19.0 Å². The summed E-state index contributed by atoms with van der Waals surface area (Å²) in [5.74, 6) is 0.921. The fourth-order valence-electron chi connectivity index (χ4n) is 4.85. The first-order valence-corrected chi connectivity index (χ1v) is 11.2. The van der Waals surface area contributed by atoms with Crippen LogP contribution in [0.15, 0.2) is 101 Å². The van der Waals surface area contributed by atoms with E-state index >= 15 is 0 Å². The molecule has 0 bridgehead atoms. The van der Waals surface area contributed by atoms with Crippen molar-refractivity contribution in [1.29, 1.82) is 0 Å². The Balaban J connectivity index is 1.63. The molecule has 0 saturated heterocycles. The van der Waals surface area contributed by atoms with Crippen molar-refractivity contribution < 1.29 is 14.1 Å². The predicted molar refractivity (Wildman–Crippen MR) is 138 cm³/mol. The van der Waals surface area contributed by atoms with Crippen molar-refractivity contribution in [2.75, 3.05) is 0 Å². The first-order valence-electron chi connectivity index (χ1n) is 11.2. The number of aromatic nitrogens is 3. The summed E-state index contributed by atoms with van der Waals surface area (Å²) in [5.41, 5.74) is 4.68. The summed E-state index contributed by atoms with van der Waals surface area (Å²) >= 11 is 0. The number of para-hydroxylation sites is 3. The van der Waals surface area contributed by atoms with Crippen molar-refractivity contribution >= 4 is 51.6 Å². The van der Waals surface area contributed by atoms with Crippen molar-refractivity contribution in [3.8, 4) is 23.0 Å². The van der Waals surface area contributed by atoms with E-state index in [2.05, 4.69) is 28.8 Å². The van der Waals surface area contributed by atoms with Gasteiger partial charge >= 0.3 is 7.69 Å². The lowest BCUT2D eigenvalue weighted by molar-refractivity contribution is 0.451. The number of nitrogens with zero attached hydrogens (tertiary/aromatic N) is 3. The highest BCUT2D eigenvalue weighted by Gasteiger charge is 2.22. The van der Waals surface area contributed by atoms with Gasteiger partial charge in [-0.1, -0.05) is 78.9 Å². The normalized spacial score (nSPS) is 11.6. The molecule has 0 spiro atoms. The van der Waals surface area contributed by atoms with Crippen molar-refractivity contribution in [3.63, 3.8) is 0 Å². The third-order valence-corrected chi connectivity index (χ3v) is 6.32. The van der Waals surface area contributed by atoms with Crippen molar-refractivity contribution in [3.05, 3.63) is 97.1 Å². The molecule has 3 heterocycles. The SMILES string of the molecule is O[B]Oc1cccc2c1oc1nc(-n3c4ccccc4c4ccccc43)nc(-c3ccccc3)c12. The van der Waals surface area contributed by atoms with Crippen molar-refractivity contribution in [2.24, 2.45) is 0 Å². The van der Waals surface area contributed by atoms with Gasteiger partial charge in [0.1, 0.15) is 5.75 Å². The molecule has 6 nitrogen and oxygen atoms in total. The van der Waals surface area contributed by atoms with Crippen molar-refractivity contribution in [1.82, 2.24) is 14.5 Å². The maximum absolute atomic E-state index is 9.24. The van der Waals surface area contributed by atoms with Crippen LogP contribution >= 0.6 is 0 Å². The van der Waals surface area contributed by atoms with E-state index in [1.54, 1.807) is 6.07 Å². The van der Waals surface area contributed by atoms with E-state index < -0.39 is 0 Å². The molecule has 0 atom stereocenters. The number of hydrogen-bond acceptors (Lipinski definition) is 5. The lowest BCUT2D eigenvalue weighted by atomic mass is 10.1. The van der Waals surface area contributed by atoms with Crippen LogP contribution in [0.3, 0.4) is 0 Å². The quantitative estimate of drug-likeness (QED) is 0.328. The smallest absolute Gasteiger partial charge is 0.535 e. The zero-order chi connectivity index (χ0) is 23.4. The molecule has 0 saturated carbocycles. The Hall–Kier alpha value is -4.62. The molecule has 0 aliphatic rings. The monoisotopic (exact) mass is 454 g/mol. The highest BCUT2D eigenvalue weighted by atomic mass is 16.5. The van der Waals surface area contributed by atoms with Crippen LogP contribution in [-0.2, 0) is 0 Å². The molecular formula is C28H17BN3O3. The van der Waals surface area contributed by atoms with Gasteiger partial charge in [0.25, 0.3) is 0 Å². The van der Waals surface area contributed by atoms with Gasteiger partial charge in [-0.2, -0.15) is 4.98 Å². The zero-order valence-electron chi connectivity index (χ0n) is 18.4. The minimum Gasteiger partial charge on any atom is -0.535 e. The van der Waals surface area contributed by atoms with E-state index in [0.717, 1.165) is 43.8 Å². The average molecular weight is 454 g/mol. The van der Waals surface area contributed by atoms with Crippen LogP contribution in [0, 0.1) is 0 Å². The molecule has 7 rings (SSSR count). The topological polar surface area (TPSA) is 73.3 Å². The number of hydrogen-bond donors (Lipinski definition) is 1. The molecule has 0 aliphatic heterocycles. The van der Waals surface area contributed by atoms with Gasteiger partial charge < -0.3 is 14.1 Å². The van der Waals surface area contributed by atoms with Crippen LogP contribution in [0.4, 0.5) is 0 Å². The summed E-state index contributed by atoms with van der Waals surface area (Å²) in [6.07, 6.45) is 0. The molecule has 7 aromatic rings. The van der Waals surface area contributed by atoms with E-state index in [-0.39, 0.29) is 0 Å². The second-order valence-electron chi connectivity index (χ2n) is 8.25. The standard InChI is InChI=1S/C28H17BN3O3/c33-29-35-23-16-8-13-20-24-25(17-9-2-1-3-10-17)30-28(31-27(24)34-26(20)23)32-21-14-6-4-11-18(21)19-12-5-7-15-22(19)32/h1-16,33H. The van der Waals surface area contributed by atoms with E-state index in [1.807, 2.05) is 66.7 Å². The second-order valence-corrected chi connectivity index (χ2v) is 8.25. The minimum absolute atomic E-state index is 0.403. The first-order chi connectivity index (χ1) is 17.3. The number of benzene rings is 4. The van der Waals surface area contributed by atoms with Gasteiger partial charge in [0.15, 0.2) is 5.58 Å². The third kappa shape index (κ3) is 2.95. The Bertz CT molecular complexity index is 1820. The van der Waals surface area contributed by atoms with Crippen LogP contribution in [0.5, 0.6) is 5.75 Å². The Labute approximate surface area is 200 Å². The Morgan fingerprint density at radius 3 is 2.09 bits per heavy atom. The molecule has 165 valence electrons. The lowest BCUT2D eigenvalue weighted by Crippen LogP contribution is -2.02. The van der Waals surface area contributed by atoms with Crippen molar-refractivity contribution in [2.45, 2.75) is 0 Å². The van der Waals surface area contributed by atoms with Gasteiger partial charge in [-0.25, -0.2) is 4.98 Å².